The van der Waals surface area contributed by atoms with Crippen molar-refractivity contribution in [3.63, 3.8) is 0 Å². The van der Waals surface area contributed by atoms with Crippen LogP contribution in [0.2, 0.25) is 0 Å². The third-order valence-electron chi connectivity index (χ3n) is 4.29. The van der Waals surface area contributed by atoms with Gasteiger partial charge in [0.25, 0.3) is 0 Å². The molecule has 1 saturated carbocycles. The van der Waals surface area contributed by atoms with Gasteiger partial charge in [-0.05, 0) is 37.8 Å². The summed E-state index contributed by atoms with van der Waals surface area (Å²) in [6.45, 7) is 6.56. The van der Waals surface area contributed by atoms with Crippen LogP contribution in [0, 0.1) is 5.92 Å². The lowest BCUT2D eigenvalue weighted by Crippen LogP contribution is -2.14. The number of fused-ring (bicyclic) bond motifs is 1. The smallest absolute Gasteiger partial charge is 0.337 e. The van der Waals surface area contributed by atoms with Crippen molar-refractivity contribution in [1.29, 1.82) is 0 Å². The summed E-state index contributed by atoms with van der Waals surface area (Å²) in [5.74, 6) is 1.15. The quantitative estimate of drug-likeness (QED) is 0.920. The highest BCUT2D eigenvalue weighted by Crippen LogP contribution is 2.42. The molecule has 1 aliphatic carbocycles. The Labute approximate surface area is 118 Å². The summed E-state index contributed by atoms with van der Waals surface area (Å²) in [5, 5.41) is 9.34. The molecule has 0 aliphatic heterocycles. The van der Waals surface area contributed by atoms with Gasteiger partial charge in [-0.1, -0.05) is 19.9 Å². The molecule has 0 radical (unpaired) electrons. The summed E-state index contributed by atoms with van der Waals surface area (Å²) in [5.41, 5.74) is 1.89. The molecular formula is C16H20N2O2. The maximum absolute atomic E-state index is 11.4. The molecule has 1 N–H and O–H groups in total. The second kappa shape index (κ2) is 4.62. The highest BCUT2D eigenvalue weighted by atomic mass is 16.4. The highest BCUT2D eigenvalue weighted by Gasteiger charge is 2.32. The summed E-state index contributed by atoms with van der Waals surface area (Å²) in [6, 6.07) is 5.76. The number of rotatable bonds is 4. The van der Waals surface area contributed by atoms with Crippen LogP contribution >= 0.6 is 0 Å². The van der Waals surface area contributed by atoms with Crippen molar-refractivity contribution in [3.05, 3.63) is 29.6 Å². The third kappa shape index (κ3) is 1.99. The minimum atomic E-state index is -0.903. The molecule has 20 heavy (non-hydrogen) atoms. The average molecular weight is 272 g/mol. The predicted molar refractivity (Wildman–Crippen MR) is 78.2 cm³/mol. The second-order valence-corrected chi connectivity index (χ2v) is 6.08. The van der Waals surface area contributed by atoms with E-state index in [2.05, 4.69) is 30.3 Å². The summed E-state index contributed by atoms with van der Waals surface area (Å²) in [6.07, 6.45) is 2.33. The molecule has 0 bridgehead atoms. The minimum Gasteiger partial charge on any atom is -0.478 e. The molecule has 3 rings (SSSR count). The Hall–Kier alpha value is -1.84. The molecule has 1 heterocycles. The number of imidazole rings is 1. The Kier molecular flexibility index (Phi) is 3.04. The van der Waals surface area contributed by atoms with Crippen molar-refractivity contribution in [2.45, 2.75) is 45.6 Å². The molecule has 4 heteroatoms. The van der Waals surface area contributed by atoms with E-state index < -0.39 is 5.97 Å². The number of nitrogens with zero attached hydrogens (tertiary/aromatic N) is 2. The number of aromatic carboxylic acids is 1. The monoisotopic (exact) mass is 272 g/mol. The molecule has 1 aromatic heterocycles. The van der Waals surface area contributed by atoms with Crippen LogP contribution in [0.1, 0.15) is 61.8 Å². The van der Waals surface area contributed by atoms with E-state index in [1.807, 2.05) is 12.1 Å². The maximum Gasteiger partial charge on any atom is 0.337 e. The zero-order valence-corrected chi connectivity index (χ0v) is 12.1. The Morgan fingerprint density at radius 3 is 2.60 bits per heavy atom. The molecular weight excluding hydrogens is 252 g/mol. The molecule has 0 saturated heterocycles. The zero-order chi connectivity index (χ0) is 14.4. The Balaban J connectivity index is 2.28. The Morgan fingerprint density at radius 2 is 2.05 bits per heavy atom. The first-order chi connectivity index (χ1) is 9.50. The van der Waals surface area contributed by atoms with Crippen molar-refractivity contribution in [3.8, 4) is 0 Å². The minimum absolute atomic E-state index is 0.305. The normalized spacial score (nSPS) is 16.8. The lowest BCUT2D eigenvalue weighted by atomic mass is 10.1. The van der Waals surface area contributed by atoms with Gasteiger partial charge < -0.3 is 9.67 Å². The van der Waals surface area contributed by atoms with E-state index >= 15 is 0 Å². The fourth-order valence-electron chi connectivity index (χ4n) is 2.66. The topological polar surface area (TPSA) is 55.1 Å². The van der Waals surface area contributed by atoms with Gasteiger partial charge in [-0.2, -0.15) is 0 Å². The third-order valence-corrected chi connectivity index (χ3v) is 4.29. The Bertz CT molecular complexity index is 668. The molecule has 4 nitrogen and oxygen atoms in total. The largest absolute Gasteiger partial charge is 0.478 e. The van der Waals surface area contributed by atoms with Crippen LogP contribution in [0.25, 0.3) is 11.0 Å². The van der Waals surface area contributed by atoms with Crippen LogP contribution in [0.4, 0.5) is 0 Å². The molecule has 1 fully saturated rings. The molecule has 0 spiro atoms. The van der Waals surface area contributed by atoms with Crippen LogP contribution in [0.15, 0.2) is 18.2 Å². The molecule has 2 aromatic rings. The van der Waals surface area contributed by atoms with Gasteiger partial charge in [0.15, 0.2) is 0 Å². The fourth-order valence-corrected chi connectivity index (χ4v) is 2.66. The summed E-state index contributed by atoms with van der Waals surface area (Å²) >= 11 is 0. The van der Waals surface area contributed by atoms with Crippen molar-refractivity contribution >= 4 is 17.0 Å². The van der Waals surface area contributed by atoms with Gasteiger partial charge in [0, 0.05) is 12.0 Å². The van der Waals surface area contributed by atoms with Crippen LogP contribution in [0.5, 0.6) is 0 Å². The van der Waals surface area contributed by atoms with Crippen molar-refractivity contribution in [2.75, 3.05) is 0 Å². The first-order valence-corrected chi connectivity index (χ1v) is 7.24. The van der Waals surface area contributed by atoms with Gasteiger partial charge in [-0.3, -0.25) is 0 Å². The van der Waals surface area contributed by atoms with E-state index in [4.69, 9.17) is 0 Å². The number of aromatic nitrogens is 2. The van der Waals surface area contributed by atoms with E-state index in [-0.39, 0.29) is 0 Å². The number of carboxylic acid groups (broad SMARTS) is 1. The maximum atomic E-state index is 11.4. The van der Waals surface area contributed by atoms with Gasteiger partial charge in [-0.25, -0.2) is 9.78 Å². The van der Waals surface area contributed by atoms with E-state index in [1.54, 1.807) is 6.07 Å². The first kappa shape index (κ1) is 13.2. The zero-order valence-electron chi connectivity index (χ0n) is 12.1. The average Bonchev–Trinajstić information content (AvgIpc) is 3.17. The van der Waals surface area contributed by atoms with Crippen LogP contribution in [-0.4, -0.2) is 20.6 Å². The highest BCUT2D eigenvalue weighted by molar-refractivity contribution is 6.01. The summed E-state index contributed by atoms with van der Waals surface area (Å²) < 4.78 is 2.25. The van der Waals surface area contributed by atoms with Crippen LogP contribution in [-0.2, 0) is 0 Å². The first-order valence-electron chi connectivity index (χ1n) is 7.24. The SMILES string of the molecule is CC(C)C(C)n1c(C2CC2)nc2c(C(=O)O)cccc21. The van der Waals surface area contributed by atoms with E-state index in [9.17, 15) is 9.90 Å². The Morgan fingerprint density at radius 1 is 1.35 bits per heavy atom. The number of hydrogen-bond acceptors (Lipinski definition) is 2. The molecule has 1 aromatic carbocycles. The molecule has 0 amide bonds. The lowest BCUT2D eigenvalue weighted by molar-refractivity contribution is 0.0699. The molecule has 1 atom stereocenters. The summed E-state index contributed by atoms with van der Waals surface area (Å²) in [4.78, 5) is 16.1. The van der Waals surface area contributed by atoms with Gasteiger partial charge in [0.1, 0.15) is 11.3 Å². The number of benzene rings is 1. The second-order valence-electron chi connectivity index (χ2n) is 6.08. The predicted octanol–water partition coefficient (Wildman–Crippen LogP) is 3.83. The van der Waals surface area contributed by atoms with Crippen LogP contribution in [0.3, 0.4) is 0 Å². The van der Waals surface area contributed by atoms with E-state index in [0.717, 1.165) is 24.2 Å². The fraction of sp³-hybridized carbons (Fsp3) is 0.500. The molecule has 1 unspecified atom stereocenters. The van der Waals surface area contributed by atoms with Gasteiger partial charge in [0.2, 0.25) is 0 Å². The molecule has 1 aliphatic rings. The number of carboxylic acids is 1. The van der Waals surface area contributed by atoms with Crippen LogP contribution < -0.4 is 0 Å². The standard InChI is InChI=1S/C16H20N2O2/c1-9(2)10(3)18-13-6-4-5-12(16(19)20)14(13)17-15(18)11-7-8-11/h4-6,9-11H,7-8H2,1-3H3,(H,19,20). The van der Waals surface area contributed by atoms with Crippen molar-refractivity contribution in [1.82, 2.24) is 9.55 Å². The van der Waals surface area contributed by atoms with Crippen molar-refractivity contribution in [2.24, 2.45) is 5.92 Å². The number of hydrogen-bond donors (Lipinski definition) is 1. The lowest BCUT2D eigenvalue weighted by Gasteiger charge is -2.21. The van der Waals surface area contributed by atoms with Gasteiger partial charge in [0.05, 0.1) is 11.1 Å². The number of carbonyl (C=O) groups is 1. The van der Waals surface area contributed by atoms with Gasteiger partial charge >= 0.3 is 5.97 Å². The molecule has 106 valence electrons. The number of para-hydroxylation sites is 1. The summed E-state index contributed by atoms with van der Waals surface area (Å²) in [7, 11) is 0. The van der Waals surface area contributed by atoms with Crippen molar-refractivity contribution < 1.29 is 9.90 Å². The van der Waals surface area contributed by atoms with Gasteiger partial charge in [-0.15, -0.1) is 0 Å². The van der Waals surface area contributed by atoms with E-state index in [1.165, 1.54) is 0 Å². The van der Waals surface area contributed by atoms with E-state index in [0.29, 0.717) is 29.0 Å².